The SMILES string of the molecule is C1=CCCC(CCN2CCCCC2)=C1. The summed E-state index contributed by atoms with van der Waals surface area (Å²) in [6, 6.07) is 0. The lowest BCUT2D eigenvalue weighted by Crippen LogP contribution is -2.30. The zero-order chi connectivity index (χ0) is 9.64. The highest BCUT2D eigenvalue weighted by molar-refractivity contribution is 5.17. The Bertz CT molecular complexity index is 221. The number of piperidine rings is 1. The molecule has 0 atom stereocenters. The molecular weight excluding hydrogens is 170 g/mol. The van der Waals surface area contributed by atoms with E-state index in [0.29, 0.717) is 0 Å². The Hall–Kier alpha value is -0.560. The van der Waals surface area contributed by atoms with Crippen molar-refractivity contribution in [3.63, 3.8) is 0 Å². The largest absolute Gasteiger partial charge is 0.303 e. The summed E-state index contributed by atoms with van der Waals surface area (Å²) >= 11 is 0. The zero-order valence-corrected chi connectivity index (χ0v) is 9.04. The van der Waals surface area contributed by atoms with Crippen molar-refractivity contribution in [2.45, 2.75) is 38.5 Å². The molecule has 2 aliphatic rings. The molecule has 1 heteroatoms. The predicted molar refractivity (Wildman–Crippen MR) is 61.4 cm³/mol. The Labute approximate surface area is 87.5 Å². The maximum absolute atomic E-state index is 2.63. The molecule has 0 saturated carbocycles. The van der Waals surface area contributed by atoms with E-state index in [-0.39, 0.29) is 0 Å². The monoisotopic (exact) mass is 191 g/mol. The van der Waals surface area contributed by atoms with Gasteiger partial charge in [-0.15, -0.1) is 0 Å². The third kappa shape index (κ3) is 2.98. The Kier molecular flexibility index (Phi) is 3.81. The van der Waals surface area contributed by atoms with Crippen molar-refractivity contribution in [1.82, 2.24) is 4.90 Å². The maximum atomic E-state index is 2.63. The Morgan fingerprint density at radius 1 is 1.14 bits per heavy atom. The van der Waals surface area contributed by atoms with E-state index in [9.17, 15) is 0 Å². The van der Waals surface area contributed by atoms with Gasteiger partial charge in [-0.2, -0.15) is 0 Å². The first-order valence-electron chi connectivity index (χ1n) is 6.02. The summed E-state index contributed by atoms with van der Waals surface area (Å²) < 4.78 is 0. The molecule has 0 aromatic carbocycles. The number of hydrogen-bond acceptors (Lipinski definition) is 1. The second kappa shape index (κ2) is 5.35. The molecule has 1 saturated heterocycles. The van der Waals surface area contributed by atoms with Gasteiger partial charge in [0.25, 0.3) is 0 Å². The first kappa shape index (κ1) is 9.97. The normalized spacial score (nSPS) is 23.6. The van der Waals surface area contributed by atoms with Gasteiger partial charge in [0, 0.05) is 6.54 Å². The molecule has 0 N–H and O–H groups in total. The topological polar surface area (TPSA) is 3.24 Å². The van der Waals surface area contributed by atoms with Crippen molar-refractivity contribution < 1.29 is 0 Å². The van der Waals surface area contributed by atoms with E-state index in [1.807, 2.05) is 0 Å². The molecule has 0 amide bonds. The lowest BCUT2D eigenvalue weighted by atomic mass is 10.0. The van der Waals surface area contributed by atoms with Crippen molar-refractivity contribution in [1.29, 1.82) is 0 Å². The van der Waals surface area contributed by atoms with E-state index in [0.717, 1.165) is 0 Å². The van der Waals surface area contributed by atoms with Crippen LogP contribution >= 0.6 is 0 Å². The number of hydrogen-bond donors (Lipinski definition) is 0. The molecule has 78 valence electrons. The van der Waals surface area contributed by atoms with E-state index in [2.05, 4.69) is 23.1 Å². The van der Waals surface area contributed by atoms with Gasteiger partial charge < -0.3 is 4.90 Å². The minimum atomic E-state index is 1.26. The van der Waals surface area contributed by atoms with Crippen molar-refractivity contribution in [2.24, 2.45) is 0 Å². The molecular formula is C13H21N. The van der Waals surface area contributed by atoms with Gasteiger partial charge in [-0.1, -0.05) is 30.2 Å². The fraction of sp³-hybridized carbons (Fsp3) is 0.692. The molecule has 0 radical (unpaired) electrons. The number of nitrogens with zero attached hydrogens (tertiary/aromatic N) is 1. The fourth-order valence-electron chi connectivity index (χ4n) is 2.35. The highest BCUT2D eigenvalue weighted by Crippen LogP contribution is 2.17. The maximum Gasteiger partial charge on any atom is 0.00187 e. The second-order valence-electron chi connectivity index (χ2n) is 4.44. The Balaban J connectivity index is 1.70. The smallest absolute Gasteiger partial charge is 0.00187 e. The van der Waals surface area contributed by atoms with Gasteiger partial charge in [-0.3, -0.25) is 0 Å². The zero-order valence-electron chi connectivity index (χ0n) is 9.04. The molecule has 0 unspecified atom stereocenters. The average Bonchev–Trinajstić information content (AvgIpc) is 2.29. The summed E-state index contributed by atoms with van der Waals surface area (Å²) in [6.07, 6.45) is 14.9. The molecule has 1 fully saturated rings. The van der Waals surface area contributed by atoms with Crippen LogP contribution < -0.4 is 0 Å². The minimum Gasteiger partial charge on any atom is -0.303 e. The molecule has 2 rings (SSSR count). The summed E-state index contributed by atoms with van der Waals surface area (Å²) in [5.74, 6) is 0. The average molecular weight is 191 g/mol. The van der Waals surface area contributed by atoms with E-state index in [4.69, 9.17) is 0 Å². The van der Waals surface area contributed by atoms with Crippen LogP contribution in [0, 0.1) is 0 Å². The van der Waals surface area contributed by atoms with E-state index >= 15 is 0 Å². The molecule has 1 nitrogen and oxygen atoms in total. The second-order valence-corrected chi connectivity index (χ2v) is 4.44. The third-order valence-electron chi connectivity index (χ3n) is 3.30. The van der Waals surface area contributed by atoms with Crippen LogP contribution in [0.25, 0.3) is 0 Å². The van der Waals surface area contributed by atoms with Crippen LogP contribution in [0.3, 0.4) is 0 Å². The molecule has 0 bridgehead atoms. The standard InChI is InChI=1S/C13H21N/c1-3-7-13(8-4-1)9-12-14-10-5-2-6-11-14/h1,3,7H,2,4-6,8-12H2. The van der Waals surface area contributed by atoms with Gasteiger partial charge >= 0.3 is 0 Å². The molecule has 0 aromatic rings. The summed E-state index contributed by atoms with van der Waals surface area (Å²) in [6.45, 7) is 3.96. The van der Waals surface area contributed by atoms with Crippen LogP contribution in [0.4, 0.5) is 0 Å². The first-order valence-corrected chi connectivity index (χ1v) is 6.02. The van der Waals surface area contributed by atoms with E-state index in [1.165, 1.54) is 58.2 Å². The van der Waals surface area contributed by atoms with Gasteiger partial charge in [0.15, 0.2) is 0 Å². The van der Waals surface area contributed by atoms with Gasteiger partial charge in [0.2, 0.25) is 0 Å². The Morgan fingerprint density at radius 2 is 2.00 bits per heavy atom. The van der Waals surface area contributed by atoms with Crippen LogP contribution in [0.15, 0.2) is 23.8 Å². The fourth-order valence-corrected chi connectivity index (χ4v) is 2.35. The highest BCUT2D eigenvalue weighted by atomic mass is 15.1. The van der Waals surface area contributed by atoms with Crippen molar-refractivity contribution in [3.05, 3.63) is 23.8 Å². The van der Waals surface area contributed by atoms with Crippen LogP contribution in [0.2, 0.25) is 0 Å². The lowest BCUT2D eigenvalue weighted by Gasteiger charge is -2.26. The Morgan fingerprint density at radius 3 is 2.71 bits per heavy atom. The molecule has 1 aliphatic heterocycles. The number of allylic oxidation sites excluding steroid dienone is 3. The van der Waals surface area contributed by atoms with E-state index in [1.54, 1.807) is 5.57 Å². The summed E-state index contributed by atoms with van der Waals surface area (Å²) in [7, 11) is 0. The van der Waals surface area contributed by atoms with E-state index < -0.39 is 0 Å². The van der Waals surface area contributed by atoms with Crippen LogP contribution in [0.1, 0.15) is 38.5 Å². The van der Waals surface area contributed by atoms with Crippen molar-refractivity contribution in [3.8, 4) is 0 Å². The lowest BCUT2D eigenvalue weighted by molar-refractivity contribution is 0.231. The van der Waals surface area contributed by atoms with Gasteiger partial charge in [-0.05, 0) is 45.2 Å². The molecule has 1 heterocycles. The third-order valence-corrected chi connectivity index (χ3v) is 3.30. The summed E-state index contributed by atoms with van der Waals surface area (Å²) in [4.78, 5) is 2.63. The molecule has 0 aromatic heterocycles. The van der Waals surface area contributed by atoms with Crippen LogP contribution in [-0.2, 0) is 0 Å². The van der Waals surface area contributed by atoms with Crippen LogP contribution in [0.5, 0.6) is 0 Å². The first-order chi connectivity index (χ1) is 6.95. The van der Waals surface area contributed by atoms with Gasteiger partial charge in [0.05, 0.1) is 0 Å². The van der Waals surface area contributed by atoms with Crippen molar-refractivity contribution in [2.75, 3.05) is 19.6 Å². The molecule has 14 heavy (non-hydrogen) atoms. The highest BCUT2D eigenvalue weighted by Gasteiger charge is 2.10. The van der Waals surface area contributed by atoms with Crippen LogP contribution in [-0.4, -0.2) is 24.5 Å². The number of likely N-dealkylation sites (tertiary alicyclic amines) is 1. The number of rotatable bonds is 3. The van der Waals surface area contributed by atoms with Gasteiger partial charge in [0.1, 0.15) is 0 Å². The summed E-state index contributed by atoms with van der Waals surface area (Å²) in [5, 5.41) is 0. The molecule has 1 aliphatic carbocycles. The predicted octanol–water partition coefficient (Wildman–Crippen LogP) is 3.14. The summed E-state index contributed by atoms with van der Waals surface area (Å²) in [5.41, 5.74) is 1.65. The molecule has 0 spiro atoms. The minimum absolute atomic E-state index is 1.26. The quantitative estimate of drug-likeness (QED) is 0.662. The van der Waals surface area contributed by atoms with Gasteiger partial charge in [-0.25, -0.2) is 0 Å². The van der Waals surface area contributed by atoms with Crippen molar-refractivity contribution >= 4 is 0 Å².